The van der Waals surface area contributed by atoms with Crippen molar-refractivity contribution in [1.29, 1.82) is 5.26 Å². The van der Waals surface area contributed by atoms with Gasteiger partial charge in [0.25, 0.3) is 0 Å². The maximum Gasteiger partial charge on any atom is 0.127 e. The number of hydrogen-bond acceptors (Lipinski definition) is 2. The van der Waals surface area contributed by atoms with E-state index in [1.807, 2.05) is 18.2 Å². The molecule has 0 unspecified atom stereocenters. The summed E-state index contributed by atoms with van der Waals surface area (Å²) < 4.78 is 6.83. The third-order valence-electron chi connectivity index (χ3n) is 3.50. The zero-order chi connectivity index (χ0) is 14.1. The van der Waals surface area contributed by atoms with E-state index in [1.54, 1.807) is 0 Å². The summed E-state index contributed by atoms with van der Waals surface area (Å²) in [4.78, 5) is 0. The molecule has 0 amide bonds. The summed E-state index contributed by atoms with van der Waals surface area (Å²) in [7, 11) is 0. The van der Waals surface area contributed by atoms with E-state index in [-0.39, 0.29) is 0 Å². The van der Waals surface area contributed by atoms with Gasteiger partial charge in [0.15, 0.2) is 0 Å². The lowest BCUT2D eigenvalue weighted by Gasteiger charge is -2.23. The first kappa shape index (κ1) is 13.9. The Morgan fingerprint density at radius 2 is 2.05 bits per heavy atom. The van der Waals surface area contributed by atoms with Gasteiger partial charge in [0.05, 0.1) is 11.6 Å². The van der Waals surface area contributed by atoms with E-state index in [4.69, 9.17) is 10.00 Å². The molecule has 0 aromatic heterocycles. The van der Waals surface area contributed by atoms with Crippen molar-refractivity contribution in [3.63, 3.8) is 0 Å². The van der Waals surface area contributed by atoms with Crippen LogP contribution in [0, 0.1) is 11.3 Å². The maximum atomic E-state index is 8.99. The summed E-state index contributed by atoms with van der Waals surface area (Å²) in [6.45, 7) is 0.531. The molecule has 0 spiro atoms. The van der Waals surface area contributed by atoms with Crippen LogP contribution in [0.3, 0.4) is 0 Å². The Hall–Kier alpha value is -1.06. The molecule has 2 aromatic carbocycles. The van der Waals surface area contributed by atoms with E-state index in [2.05, 4.69) is 56.7 Å². The molecule has 0 bridgehead atoms. The molecule has 0 saturated heterocycles. The molecule has 3 rings (SSSR count). The Labute approximate surface area is 140 Å². The van der Waals surface area contributed by atoms with Gasteiger partial charge in [0.2, 0.25) is 0 Å². The summed E-state index contributed by atoms with van der Waals surface area (Å²) in [6, 6.07) is 12.3. The Morgan fingerprint density at radius 1 is 1.20 bits per heavy atom. The molecule has 0 aliphatic carbocycles. The molecule has 100 valence electrons. The highest BCUT2D eigenvalue weighted by molar-refractivity contribution is 14.1. The first-order valence-corrected chi connectivity index (χ1v) is 8.85. The summed E-state index contributed by atoms with van der Waals surface area (Å²) in [5.41, 5.74) is 6.67. The Balaban J connectivity index is 2.19. The van der Waals surface area contributed by atoms with Crippen LogP contribution in [0.5, 0.6) is 5.75 Å². The van der Waals surface area contributed by atoms with Gasteiger partial charge >= 0.3 is 0 Å². The van der Waals surface area contributed by atoms with Gasteiger partial charge in [-0.15, -0.1) is 0 Å². The topological polar surface area (TPSA) is 33.0 Å². The number of nitriles is 1. The highest BCUT2D eigenvalue weighted by Crippen LogP contribution is 2.40. The van der Waals surface area contributed by atoms with Gasteiger partial charge in [0, 0.05) is 15.3 Å². The van der Waals surface area contributed by atoms with Crippen molar-refractivity contribution in [3.8, 4) is 22.9 Å². The van der Waals surface area contributed by atoms with Gasteiger partial charge in [-0.2, -0.15) is 5.26 Å². The van der Waals surface area contributed by atoms with Crippen LogP contribution < -0.4 is 4.74 Å². The predicted molar refractivity (Wildman–Crippen MR) is 91.3 cm³/mol. The molecule has 4 heteroatoms. The van der Waals surface area contributed by atoms with Crippen molar-refractivity contribution in [2.75, 3.05) is 0 Å². The fraction of sp³-hybridized carbons (Fsp3) is 0.188. The lowest BCUT2D eigenvalue weighted by Crippen LogP contribution is -2.07. The summed E-state index contributed by atoms with van der Waals surface area (Å²) >= 11 is 5.92. The lowest BCUT2D eigenvalue weighted by molar-refractivity contribution is 0.302. The highest BCUT2D eigenvalue weighted by Gasteiger charge is 2.19. The molecule has 20 heavy (non-hydrogen) atoms. The molecule has 2 nitrogen and oxygen atoms in total. The first-order chi connectivity index (χ1) is 9.76. The van der Waals surface area contributed by atoms with Crippen LogP contribution in [0.2, 0.25) is 0 Å². The van der Waals surface area contributed by atoms with Crippen molar-refractivity contribution < 1.29 is 4.74 Å². The monoisotopic (exact) mass is 439 g/mol. The van der Waals surface area contributed by atoms with Crippen molar-refractivity contribution in [1.82, 2.24) is 0 Å². The number of hydrogen-bond donors (Lipinski definition) is 0. The summed E-state index contributed by atoms with van der Waals surface area (Å²) in [5, 5.41) is 9.82. The number of ether oxygens (including phenoxy) is 1. The van der Waals surface area contributed by atoms with Crippen molar-refractivity contribution in [2.24, 2.45) is 0 Å². The van der Waals surface area contributed by atoms with Crippen molar-refractivity contribution >= 4 is 38.5 Å². The molecule has 1 aliphatic heterocycles. The third kappa shape index (κ3) is 2.33. The minimum absolute atomic E-state index is 0.531. The first-order valence-electron chi connectivity index (χ1n) is 6.20. The number of benzene rings is 2. The zero-order valence-corrected chi connectivity index (χ0v) is 14.4. The molecule has 0 atom stereocenters. The number of alkyl halides is 2. The Kier molecular flexibility index (Phi) is 3.99. The van der Waals surface area contributed by atoms with Gasteiger partial charge in [-0.05, 0) is 46.5 Å². The molecule has 0 radical (unpaired) electrons. The maximum absolute atomic E-state index is 8.99. The molecular formula is C16H11BrINO. The minimum Gasteiger partial charge on any atom is -0.488 e. The molecular weight excluding hydrogens is 429 g/mol. The van der Waals surface area contributed by atoms with E-state index >= 15 is 0 Å². The third-order valence-corrected chi connectivity index (χ3v) is 4.92. The van der Waals surface area contributed by atoms with Gasteiger partial charge in [-0.1, -0.05) is 44.6 Å². The van der Waals surface area contributed by atoms with Gasteiger partial charge in [0.1, 0.15) is 12.4 Å². The van der Waals surface area contributed by atoms with E-state index in [0.717, 1.165) is 26.6 Å². The quantitative estimate of drug-likeness (QED) is 0.490. The van der Waals surface area contributed by atoms with Crippen molar-refractivity contribution in [3.05, 3.63) is 52.6 Å². The lowest BCUT2D eigenvalue weighted by atomic mass is 9.93. The van der Waals surface area contributed by atoms with Crippen LogP contribution >= 0.6 is 38.5 Å². The highest BCUT2D eigenvalue weighted by atomic mass is 127. The molecule has 2 aromatic rings. The molecule has 1 aliphatic rings. The van der Waals surface area contributed by atoms with E-state index in [9.17, 15) is 0 Å². The summed E-state index contributed by atoms with van der Waals surface area (Å²) in [6.07, 6.45) is 0. The van der Waals surface area contributed by atoms with Crippen LogP contribution in [0.25, 0.3) is 11.1 Å². The van der Waals surface area contributed by atoms with Crippen LogP contribution in [0.15, 0.2) is 30.3 Å². The van der Waals surface area contributed by atoms with Gasteiger partial charge in [-0.25, -0.2) is 0 Å². The summed E-state index contributed by atoms with van der Waals surface area (Å²) in [5.74, 6) is 0.935. The van der Waals surface area contributed by atoms with E-state index in [0.29, 0.717) is 12.2 Å². The SMILES string of the molecule is N#Cc1ccc2c(c1)COc1cc(CBr)c(CI)cc1-2. The molecule has 0 N–H and O–H groups in total. The smallest absolute Gasteiger partial charge is 0.127 e. The van der Waals surface area contributed by atoms with Crippen molar-refractivity contribution in [2.45, 2.75) is 16.4 Å². The van der Waals surface area contributed by atoms with Crippen LogP contribution in [0.1, 0.15) is 22.3 Å². The van der Waals surface area contributed by atoms with Gasteiger partial charge in [-0.3, -0.25) is 0 Å². The van der Waals surface area contributed by atoms with Crippen LogP contribution in [-0.4, -0.2) is 0 Å². The average molecular weight is 440 g/mol. The fourth-order valence-electron chi connectivity index (χ4n) is 2.45. The second-order valence-corrected chi connectivity index (χ2v) is 5.98. The zero-order valence-electron chi connectivity index (χ0n) is 10.6. The Morgan fingerprint density at radius 3 is 2.75 bits per heavy atom. The molecule has 0 fully saturated rings. The standard InChI is InChI=1S/C16H11BrINO/c17-6-11-5-16-15(4-12(11)7-18)14-2-1-10(8-19)3-13(14)9-20-16/h1-5H,6-7,9H2. The number of fused-ring (bicyclic) bond motifs is 3. The average Bonchev–Trinajstić information content (AvgIpc) is 2.52. The second-order valence-electron chi connectivity index (χ2n) is 4.66. The number of halogens is 2. The van der Waals surface area contributed by atoms with Crippen LogP contribution in [0.4, 0.5) is 0 Å². The number of rotatable bonds is 2. The fourth-order valence-corrected chi connectivity index (χ4v) is 3.68. The largest absolute Gasteiger partial charge is 0.488 e. The van der Waals surface area contributed by atoms with Gasteiger partial charge < -0.3 is 4.74 Å². The van der Waals surface area contributed by atoms with E-state index < -0.39 is 0 Å². The molecule has 0 saturated carbocycles. The molecule has 1 heterocycles. The second kappa shape index (κ2) is 5.74. The van der Waals surface area contributed by atoms with Crippen LogP contribution in [-0.2, 0) is 16.4 Å². The Bertz CT molecular complexity index is 721. The normalized spacial score (nSPS) is 12.1. The predicted octanol–water partition coefficient (Wildman–Crippen LogP) is 4.95. The minimum atomic E-state index is 0.531. The number of nitrogens with zero attached hydrogens (tertiary/aromatic N) is 1. The van der Waals surface area contributed by atoms with E-state index in [1.165, 1.54) is 16.7 Å².